The molecule has 1 N–H and O–H groups in total. The van der Waals surface area contributed by atoms with Gasteiger partial charge in [-0.25, -0.2) is 8.42 Å². The average molecular weight is 303 g/mol. The molecule has 19 heavy (non-hydrogen) atoms. The number of aryl methyl sites for hydroxylation is 1. The number of benzene rings is 1. The average Bonchev–Trinajstić information content (AvgIpc) is 2.73. The van der Waals surface area contributed by atoms with E-state index in [1.54, 1.807) is 6.92 Å². The molecule has 1 heterocycles. The summed E-state index contributed by atoms with van der Waals surface area (Å²) >= 11 is 5.92. The molecule has 0 amide bonds. The summed E-state index contributed by atoms with van der Waals surface area (Å²) in [5.41, 5.74) is 0. The molecule has 0 atom stereocenters. The predicted molar refractivity (Wildman–Crippen MR) is 70.1 cm³/mol. The highest BCUT2D eigenvalue weighted by atomic mass is 35.5. The molecule has 0 aliphatic carbocycles. The molecule has 8 heteroatoms. The summed E-state index contributed by atoms with van der Waals surface area (Å²) in [4.78, 5) is -0.0596. The van der Waals surface area contributed by atoms with Gasteiger partial charge in [0.25, 0.3) is 10.0 Å². The topological polar surface area (TPSA) is 81.4 Å². The zero-order valence-electron chi connectivity index (χ0n) is 10.2. The maximum Gasteiger partial charge on any atom is 0.264 e. The number of hydrogen-bond acceptors (Lipinski definition) is 5. The van der Waals surface area contributed by atoms with Crippen LogP contribution in [0.5, 0.6) is 5.75 Å². The van der Waals surface area contributed by atoms with Gasteiger partial charge in [-0.15, -0.1) is 0 Å². The number of ether oxygens (including phenoxy) is 1. The van der Waals surface area contributed by atoms with Crippen molar-refractivity contribution in [1.82, 2.24) is 5.16 Å². The Morgan fingerprint density at radius 1 is 1.37 bits per heavy atom. The lowest BCUT2D eigenvalue weighted by molar-refractivity contribution is 0.400. The quantitative estimate of drug-likeness (QED) is 0.938. The minimum Gasteiger partial charge on any atom is -0.497 e. The second-order valence-electron chi connectivity index (χ2n) is 3.72. The Labute approximate surface area is 115 Å². The van der Waals surface area contributed by atoms with Gasteiger partial charge in [0.05, 0.1) is 12.1 Å². The van der Waals surface area contributed by atoms with Gasteiger partial charge in [0, 0.05) is 12.1 Å². The van der Waals surface area contributed by atoms with Crippen LogP contribution in [0.25, 0.3) is 0 Å². The Bertz CT molecular complexity index is 696. The number of nitrogens with one attached hydrogen (secondary N) is 1. The first-order valence-corrected chi connectivity index (χ1v) is 7.08. The van der Waals surface area contributed by atoms with Crippen LogP contribution in [0.1, 0.15) is 5.76 Å². The summed E-state index contributed by atoms with van der Waals surface area (Å²) in [6.07, 6.45) is 0. The minimum atomic E-state index is -3.82. The SMILES string of the molecule is COc1ccc(S(=O)(=O)Nc2cc(C)on2)c(Cl)c1. The molecule has 2 rings (SSSR count). The van der Waals surface area contributed by atoms with Crippen molar-refractivity contribution in [2.75, 3.05) is 11.8 Å². The van der Waals surface area contributed by atoms with Crippen LogP contribution < -0.4 is 9.46 Å². The molecule has 0 fully saturated rings. The van der Waals surface area contributed by atoms with Crippen molar-refractivity contribution < 1.29 is 17.7 Å². The van der Waals surface area contributed by atoms with Gasteiger partial charge in [-0.3, -0.25) is 4.72 Å². The Morgan fingerprint density at radius 3 is 2.63 bits per heavy atom. The maximum atomic E-state index is 12.1. The fourth-order valence-corrected chi connectivity index (χ4v) is 2.95. The fraction of sp³-hybridized carbons (Fsp3) is 0.182. The van der Waals surface area contributed by atoms with Gasteiger partial charge < -0.3 is 9.26 Å². The molecule has 0 aliphatic rings. The number of anilines is 1. The van der Waals surface area contributed by atoms with Crippen LogP contribution in [0, 0.1) is 6.92 Å². The largest absolute Gasteiger partial charge is 0.497 e. The molecule has 0 saturated carbocycles. The number of hydrogen-bond donors (Lipinski definition) is 1. The van der Waals surface area contributed by atoms with E-state index in [0.29, 0.717) is 11.5 Å². The molecule has 0 aliphatic heterocycles. The van der Waals surface area contributed by atoms with Gasteiger partial charge in [0.1, 0.15) is 16.4 Å². The molecule has 1 aromatic carbocycles. The van der Waals surface area contributed by atoms with E-state index in [9.17, 15) is 8.42 Å². The van der Waals surface area contributed by atoms with E-state index in [2.05, 4.69) is 9.88 Å². The second-order valence-corrected chi connectivity index (χ2v) is 5.78. The lowest BCUT2D eigenvalue weighted by Gasteiger charge is -2.08. The Kier molecular flexibility index (Phi) is 3.68. The van der Waals surface area contributed by atoms with Crippen molar-refractivity contribution in [1.29, 1.82) is 0 Å². The monoisotopic (exact) mass is 302 g/mol. The molecule has 102 valence electrons. The van der Waals surface area contributed by atoms with Crippen LogP contribution in [-0.2, 0) is 10.0 Å². The summed E-state index contributed by atoms with van der Waals surface area (Å²) < 4.78 is 36.2. The molecule has 0 bridgehead atoms. The number of aromatic nitrogens is 1. The fourth-order valence-electron chi connectivity index (χ4n) is 1.43. The molecule has 0 spiro atoms. The summed E-state index contributed by atoms with van der Waals surface area (Å²) in [5, 5.41) is 3.62. The zero-order chi connectivity index (χ0) is 14.0. The molecule has 1 aromatic heterocycles. The van der Waals surface area contributed by atoms with E-state index < -0.39 is 10.0 Å². The first kappa shape index (κ1) is 13.7. The van der Waals surface area contributed by atoms with Crippen molar-refractivity contribution in [3.63, 3.8) is 0 Å². The van der Waals surface area contributed by atoms with E-state index in [1.807, 2.05) is 0 Å². The number of nitrogens with zero attached hydrogens (tertiary/aromatic N) is 1. The van der Waals surface area contributed by atoms with Gasteiger partial charge in [-0.05, 0) is 19.1 Å². The van der Waals surface area contributed by atoms with Crippen LogP contribution >= 0.6 is 11.6 Å². The van der Waals surface area contributed by atoms with Crippen LogP contribution in [0.3, 0.4) is 0 Å². The standard InChI is InChI=1S/C11H11ClN2O4S/c1-7-5-11(13-18-7)14-19(15,16)10-4-3-8(17-2)6-9(10)12/h3-6H,1-2H3,(H,13,14). The van der Waals surface area contributed by atoms with Crippen molar-refractivity contribution in [3.05, 3.63) is 35.0 Å². The lowest BCUT2D eigenvalue weighted by atomic mass is 10.3. The number of halogens is 1. The van der Waals surface area contributed by atoms with Crippen molar-refractivity contribution in [2.24, 2.45) is 0 Å². The third-order valence-electron chi connectivity index (χ3n) is 2.30. The third-order valence-corrected chi connectivity index (χ3v) is 4.13. The first-order valence-electron chi connectivity index (χ1n) is 5.22. The number of rotatable bonds is 4. The van der Waals surface area contributed by atoms with E-state index in [0.717, 1.165) is 0 Å². The Balaban J connectivity index is 2.34. The van der Waals surface area contributed by atoms with Gasteiger partial charge >= 0.3 is 0 Å². The smallest absolute Gasteiger partial charge is 0.264 e. The van der Waals surface area contributed by atoms with E-state index in [-0.39, 0.29) is 15.7 Å². The van der Waals surface area contributed by atoms with E-state index in [4.69, 9.17) is 20.9 Å². The Hall–Kier alpha value is -1.73. The van der Waals surface area contributed by atoms with E-state index in [1.165, 1.54) is 31.4 Å². The lowest BCUT2D eigenvalue weighted by Crippen LogP contribution is -2.13. The molecule has 0 unspecified atom stereocenters. The molecule has 0 saturated heterocycles. The molecule has 0 radical (unpaired) electrons. The Morgan fingerprint density at radius 2 is 2.11 bits per heavy atom. The highest BCUT2D eigenvalue weighted by Crippen LogP contribution is 2.27. The summed E-state index contributed by atoms with van der Waals surface area (Å²) in [5.74, 6) is 1.07. The molecular weight excluding hydrogens is 292 g/mol. The number of sulfonamides is 1. The molecular formula is C11H11ClN2O4S. The number of methoxy groups -OCH3 is 1. The van der Waals surface area contributed by atoms with Crippen molar-refractivity contribution in [3.8, 4) is 5.75 Å². The maximum absolute atomic E-state index is 12.1. The molecule has 6 nitrogen and oxygen atoms in total. The van der Waals surface area contributed by atoms with Crippen LogP contribution in [0.15, 0.2) is 33.7 Å². The van der Waals surface area contributed by atoms with Gasteiger partial charge in [-0.1, -0.05) is 16.8 Å². The molecule has 2 aromatic rings. The summed E-state index contributed by atoms with van der Waals surface area (Å²) in [6, 6.07) is 5.75. The third kappa shape index (κ3) is 2.99. The van der Waals surface area contributed by atoms with Gasteiger partial charge in [-0.2, -0.15) is 0 Å². The van der Waals surface area contributed by atoms with Crippen LogP contribution in [0.2, 0.25) is 5.02 Å². The highest BCUT2D eigenvalue weighted by molar-refractivity contribution is 7.92. The van der Waals surface area contributed by atoms with Crippen molar-refractivity contribution in [2.45, 2.75) is 11.8 Å². The van der Waals surface area contributed by atoms with Gasteiger partial charge in [0.2, 0.25) is 0 Å². The van der Waals surface area contributed by atoms with Crippen LogP contribution in [0.4, 0.5) is 5.82 Å². The van der Waals surface area contributed by atoms with Crippen molar-refractivity contribution >= 4 is 27.4 Å². The first-order chi connectivity index (χ1) is 8.92. The summed E-state index contributed by atoms with van der Waals surface area (Å²) in [7, 11) is -2.35. The van der Waals surface area contributed by atoms with Gasteiger partial charge in [0.15, 0.2) is 5.82 Å². The van der Waals surface area contributed by atoms with Crippen LogP contribution in [-0.4, -0.2) is 20.7 Å². The zero-order valence-corrected chi connectivity index (χ0v) is 11.7. The minimum absolute atomic E-state index is 0.0596. The second kappa shape index (κ2) is 5.10. The predicted octanol–water partition coefficient (Wildman–Crippen LogP) is 2.45. The summed E-state index contributed by atoms with van der Waals surface area (Å²) in [6.45, 7) is 1.66. The normalized spacial score (nSPS) is 11.3. The van der Waals surface area contributed by atoms with E-state index >= 15 is 0 Å². The highest BCUT2D eigenvalue weighted by Gasteiger charge is 2.20.